The molecule has 2 aromatic rings. The van der Waals surface area contributed by atoms with Crippen molar-refractivity contribution in [3.8, 4) is 0 Å². The molecule has 36 heavy (non-hydrogen) atoms. The van der Waals surface area contributed by atoms with Crippen molar-refractivity contribution >= 4 is 24.3 Å². The highest BCUT2D eigenvalue weighted by Gasteiger charge is 2.52. The van der Waals surface area contributed by atoms with Crippen molar-refractivity contribution in [1.82, 2.24) is 19.5 Å². The fourth-order valence-electron chi connectivity index (χ4n) is 4.60. The SMILES string of the molecule is CC.CCC.C[C@@H]1CCCCCN1C(=O)c1cc(C2CC2)n2nc(B3OC(C)(C)C(C)(C)O3)cc2n1. The van der Waals surface area contributed by atoms with Gasteiger partial charge in [0, 0.05) is 30.3 Å². The molecule has 1 saturated carbocycles. The Morgan fingerprint density at radius 2 is 1.64 bits per heavy atom. The molecule has 5 rings (SSSR count). The van der Waals surface area contributed by atoms with Gasteiger partial charge in [0.2, 0.25) is 0 Å². The molecule has 2 aromatic heterocycles. The van der Waals surface area contributed by atoms with Crippen molar-refractivity contribution in [1.29, 1.82) is 0 Å². The van der Waals surface area contributed by atoms with Crippen molar-refractivity contribution < 1.29 is 14.1 Å². The number of rotatable bonds is 3. The number of fused-ring (bicyclic) bond motifs is 1. The van der Waals surface area contributed by atoms with E-state index in [1.807, 2.05) is 63.1 Å². The number of carbonyl (C=O) groups excluding carboxylic acids is 1. The van der Waals surface area contributed by atoms with Crippen LogP contribution in [0.1, 0.15) is 129 Å². The first-order valence-electron chi connectivity index (χ1n) is 14.1. The van der Waals surface area contributed by atoms with Gasteiger partial charge in [0.05, 0.1) is 16.8 Å². The minimum Gasteiger partial charge on any atom is -0.398 e. The molecule has 8 heteroatoms. The first-order chi connectivity index (χ1) is 17.1. The molecule has 0 unspecified atom stereocenters. The molecule has 1 aliphatic carbocycles. The Hall–Kier alpha value is -1.93. The molecule has 1 amide bonds. The van der Waals surface area contributed by atoms with Crippen molar-refractivity contribution in [2.45, 2.75) is 130 Å². The Morgan fingerprint density at radius 3 is 2.22 bits per heavy atom. The summed E-state index contributed by atoms with van der Waals surface area (Å²) >= 11 is 0. The molecule has 0 aromatic carbocycles. The van der Waals surface area contributed by atoms with Crippen LogP contribution in [-0.4, -0.2) is 56.3 Å². The summed E-state index contributed by atoms with van der Waals surface area (Å²) in [4.78, 5) is 20.2. The highest BCUT2D eigenvalue weighted by molar-refractivity contribution is 6.61. The van der Waals surface area contributed by atoms with Crippen LogP contribution >= 0.6 is 0 Å². The van der Waals surface area contributed by atoms with Gasteiger partial charge in [-0.15, -0.1) is 0 Å². The van der Waals surface area contributed by atoms with E-state index in [2.05, 4.69) is 20.8 Å². The van der Waals surface area contributed by atoms with Gasteiger partial charge in [0.1, 0.15) is 5.69 Å². The lowest BCUT2D eigenvalue weighted by Crippen LogP contribution is -2.41. The van der Waals surface area contributed by atoms with Crippen LogP contribution in [0.2, 0.25) is 0 Å². The van der Waals surface area contributed by atoms with Crippen LogP contribution in [0.25, 0.3) is 5.65 Å². The molecule has 2 aliphatic heterocycles. The maximum Gasteiger partial charge on any atom is 0.516 e. The summed E-state index contributed by atoms with van der Waals surface area (Å²) in [7, 11) is -0.538. The highest BCUT2D eigenvalue weighted by atomic mass is 16.7. The number of amides is 1. The van der Waals surface area contributed by atoms with Crippen LogP contribution in [0, 0.1) is 0 Å². The van der Waals surface area contributed by atoms with Crippen LogP contribution in [0.4, 0.5) is 0 Å². The second-order valence-corrected chi connectivity index (χ2v) is 11.2. The summed E-state index contributed by atoms with van der Waals surface area (Å²) in [5.41, 5.74) is 2.15. The molecule has 0 spiro atoms. The fraction of sp³-hybridized carbons (Fsp3) is 0.750. The van der Waals surface area contributed by atoms with Gasteiger partial charge in [0.25, 0.3) is 5.91 Å². The van der Waals surface area contributed by atoms with Gasteiger partial charge in [0.15, 0.2) is 5.65 Å². The second kappa shape index (κ2) is 11.6. The maximum absolute atomic E-state index is 13.4. The molecular formula is C28H47BN4O3. The zero-order valence-corrected chi connectivity index (χ0v) is 24.1. The van der Waals surface area contributed by atoms with Gasteiger partial charge in [-0.25, -0.2) is 9.50 Å². The summed E-state index contributed by atoms with van der Waals surface area (Å²) in [5.74, 6) is 0.474. The fourth-order valence-corrected chi connectivity index (χ4v) is 4.60. The van der Waals surface area contributed by atoms with E-state index in [1.54, 1.807) is 0 Å². The third-order valence-corrected chi connectivity index (χ3v) is 7.50. The molecule has 0 radical (unpaired) electrons. The smallest absolute Gasteiger partial charge is 0.398 e. The average molecular weight is 499 g/mol. The lowest BCUT2D eigenvalue weighted by molar-refractivity contribution is 0.00578. The molecule has 0 N–H and O–H groups in total. The average Bonchev–Trinajstić information content (AvgIpc) is 3.58. The molecule has 200 valence electrons. The Bertz CT molecular complexity index is 1020. The largest absolute Gasteiger partial charge is 0.516 e. The Kier molecular flexibility index (Phi) is 9.26. The zero-order chi connectivity index (χ0) is 26.7. The van der Waals surface area contributed by atoms with Crippen LogP contribution < -0.4 is 5.59 Å². The van der Waals surface area contributed by atoms with Crippen molar-refractivity contribution in [3.05, 3.63) is 23.5 Å². The molecule has 1 atom stereocenters. The first-order valence-corrected chi connectivity index (χ1v) is 14.1. The van der Waals surface area contributed by atoms with Crippen molar-refractivity contribution in [2.75, 3.05) is 6.54 Å². The van der Waals surface area contributed by atoms with Gasteiger partial charge in [-0.1, -0.05) is 47.0 Å². The molecule has 4 heterocycles. The predicted octanol–water partition coefficient (Wildman–Crippen LogP) is 5.75. The van der Waals surface area contributed by atoms with Gasteiger partial charge in [-0.3, -0.25) is 4.79 Å². The Labute approximate surface area is 218 Å². The van der Waals surface area contributed by atoms with E-state index in [0.29, 0.717) is 22.9 Å². The van der Waals surface area contributed by atoms with E-state index in [9.17, 15) is 4.79 Å². The topological polar surface area (TPSA) is 69.0 Å². The molecular weight excluding hydrogens is 451 g/mol. The monoisotopic (exact) mass is 498 g/mol. The standard InChI is InChI=1S/C23H33BN4O3.C3H8.C2H6/c1-15-9-7-6-8-12-27(15)21(29)17-13-18(16-10-11-16)28-20(25-17)14-19(26-28)24-30-22(2,3)23(4,5)31-24;1-3-2;1-2/h13-16H,6-12H2,1-5H3;3H2,1-2H3;1-2H3/t15-;;/m1../s1. The van der Waals surface area contributed by atoms with Gasteiger partial charge < -0.3 is 14.2 Å². The van der Waals surface area contributed by atoms with Crippen LogP contribution in [0.3, 0.4) is 0 Å². The molecule has 3 fully saturated rings. The summed E-state index contributed by atoms with van der Waals surface area (Å²) < 4.78 is 14.3. The Morgan fingerprint density at radius 1 is 1.03 bits per heavy atom. The van der Waals surface area contributed by atoms with Crippen molar-refractivity contribution in [2.24, 2.45) is 0 Å². The normalized spacial score (nSPS) is 22.9. The summed E-state index contributed by atoms with van der Waals surface area (Å²) in [6.45, 7) is 19.4. The van der Waals surface area contributed by atoms with Crippen LogP contribution in [0.15, 0.2) is 12.1 Å². The minimum atomic E-state index is -0.538. The van der Waals surface area contributed by atoms with E-state index in [0.717, 1.165) is 37.9 Å². The van der Waals surface area contributed by atoms with Gasteiger partial charge >= 0.3 is 7.12 Å². The first kappa shape index (κ1) is 28.6. The Balaban J connectivity index is 0.000000674. The summed E-state index contributed by atoms with van der Waals surface area (Å²) in [5, 5.41) is 4.81. The van der Waals surface area contributed by atoms with E-state index in [-0.39, 0.29) is 11.9 Å². The summed E-state index contributed by atoms with van der Waals surface area (Å²) in [6, 6.07) is 4.13. The number of likely N-dealkylation sites (tertiary alicyclic amines) is 1. The number of carbonyl (C=O) groups is 1. The maximum atomic E-state index is 13.4. The summed E-state index contributed by atoms with van der Waals surface area (Å²) in [6.07, 6.45) is 7.99. The van der Waals surface area contributed by atoms with Gasteiger partial charge in [-0.05, 0) is 66.4 Å². The van der Waals surface area contributed by atoms with E-state index >= 15 is 0 Å². The quantitative estimate of drug-likeness (QED) is 0.504. The predicted molar refractivity (Wildman–Crippen MR) is 147 cm³/mol. The number of hydrogen-bond acceptors (Lipinski definition) is 5. The van der Waals surface area contributed by atoms with E-state index < -0.39 is 18.3 Å². The number of nitrogens with zero attached hydrogens (tertiary/aromatic N) is 4. The lowest BCUT2D eigenvalue weighted by Gasteiger charge is -2.32. The molecule has 3 aliphatic rings. The van der Waals surface area contributed by atoms with E-state index in [1.165, 1.54) is 19.3 Å². The molecule has 7 nitrogen and oxygen atoms in total. The number of hydrogen-bond donors (Lipinski definition) is 0. The van der Waals surface area contributed by atoms with Crippen LogP contribution in [0.5, 0.6) is 0 Å². The second-order valence-electron chi connectivity index (χ2n) is 11.2. The van der Waals surface area contributed by atoms with Crippen molar-refractivity contribution in [3.63, 3.8) is 0 Å². The van der Waals surface area contributed by atoms with Gasteiger partial charge in [-0.2, -0.15) is 5.10 Å². The minimum absolute atomic E-state index is 0.0391. The zero-order valence-electron chi connectivity index (χ0n) is 24.1. The third-order valence-electron chi connectivity index (χ3n) is 7.50. The van der Waals surface area contributed by atoms with Crippen LogP contribution in [-0.2, 0) is 9.31 Å². The number of aromatic nitrogens is 3. The third kappa shape index (κ3) is 5.96. The highest BCUT2D eigenvalue weighted by Crippen LogP contribution is 2.40. The lowest BCUT2D eigenvalue weighted by atomic mass is 9.85. The molecule has 0 bridgehead atoms. The van der Waals surface area contributed by atoms with E-state index in [4.69, 9.17) is 19.4 Å². The molecule has 2 saturated heterocycles.